The van der Waals surface area contributed by atoms with E-state index in [1.165, 1.54) is 18.7 Å². The minimum absolute atomic E-state index is 0.0231. The molecular formula is C16H24N2O6S. The third-order valence-corrected chi connectivity index (χ3v) is 4.86. The van der Waals surface area contributed by atoms with Crippen molar-refractivity contribution in [3.05, 3.63) is 0 Å². The number of nitrogens with zero attached hydrogens (tertiary/aromatic N) is 1. The van der Waals surface area contributed by atoms with E-state index >= 15 is 0 Å². The molecule has 9 heteroatoms. The molecule has 0 bridgehead atoms. The molecular weight excluding hydrogens is 348 g/mol. The zero-order chi connectivity index (χ0) is 18.8. The number of carbonyl (C=O) groups excluding carboxylic acids is 5. The smallest absolute Gasteiger partial charge is 0.258 e. The number of likely N-dealkylation sites (N-methyl/N-ethyl adjacent to an activating group) is 1. The monoisotopic (exact) mass is 372 g/mol. The van der Waals surface area contributed by atoms with E-state index in [-0.39, 0.29) is 49.5 Å². The lowest BCUT2D eigenvalue weighted by Crippen LogP contribution is -2.37. The molecule has 0 saturated carbocycles. The Balaban J connectivity index is 2.32. The second-order valence-electron chi connectivity index (χ2n) is 5.54. The first-order valence-electron chi connectivity index (χ1n) is 8.18. The zero-order valence-electron chi connectivity index (χ0n) is 14.5. The Bertz CT molecular complexity index is 525. The number of thioether (sulfide) groups is 1. The third kappa shape index (κ3) is 6.95. The molecule has 0 aromatic heterocycles. The highest BCUT2D eigenvalue weighted by molar-refractivity contribution is 8.00. The predicted octanol–water partition coefficient (Wildman–Crippen LogP) is -0.0635. The number of hydrogen-bond donors (Lipinski definition) is 1. The molecule has 8 nitrogen and oxygen atoms in total. The molecule has 3 amide bonds. The first kappa shape index (κ1) is 21.3. The van der Waals surface area contributed by atoms with Crippen molar-refractivity contribution >= 4 is 41.6 Å². The third-order valence-electron chi connectivity index (χ3n) is 3.61. The fourth-order valence-electron chi connectivity index (χ4n) is 2.29. The number of rotatable bonds is 12. The second kappa shape index (κ2) is 11.0. The van der Waals surface area contributed by atoms with Crippen molar-refractivity contribution in [1.82, 2.24) is 10.2 Å². The van der Waals surface area contributed by atoms with Gasteiger partial charge in [-0.25, -0.2) is 0 Å². The summed E-state index contributed by atoms with van der Waals surface area (Å²) in [5, 5.41) is 2.09. The Morgan fingerprint density at radius 1 is 1.44 bits per heavy atom. The number of aldehydes is 1. The Labute approximate surface area is 151 Å². The number of nitrogens with one attached hydrogen (secondary N) is 1. The van der Waals surface area contributed by atoms with Crippen molar-refractivity contribution in [2.24, 2.45) is 0 Å². The molecule has 2 unspecified atom stereocenters. The van der Waals surface area contributed by atoms with Crippen molar-refractivity contribution < 1.29 is 28.7 Å². The van der Waals surface area contributed by atoms with Gasteiger partial charge in [-0.2, -0.15) is 0 Å². The number of likely N-dealkylation sites (tertiary alicyclic amines) is 1. The van der Waals surface area contributed by atoms with Crippen LogP contribution in [0.4, 0.5) is 0 Å². The lowest BCUT2D eigenvalue weighted by molar-refractivity contribution is -0.141. The SMILES string of the molecule is CCN1C(=O)CC(OCCNC(=O)C(CC=O)SCCC(C)=O)C1=O. The van der Waals surface area contributed by atoms with Gasteiger partial charge >= 0.3 is 0 Å². The van der Waals surface area contributed by atoms with Crippen LogP contribution in [-0.2, 0) is 28.7 Å². The Kier molecular flexibility index (Phi) is 9.36. The van der Waals surface area contributed by atoms with Crippen molar-refractivity contribution in [2.45, 2.75) is 44.5 Å². The summed E-state index contributed by atoms with van der Waals surface area (Å²) in [6.07, 6.45) is 0.317. The molecule has 1 fully saturated rings. The van der Waals surface area contributed by atoms with Crippen molar-refractivity contribution in [3.63, 3.8) is 0 Å². The van der Waals surface area contributed by atoms with Crippen LogP contribution >= 0.6 is 11.8 Å². The Hall–Kier alpha value is -1.74. The average Bonchev–Trinajstić information content (AvgIpc) is 2.83. The topological polar surface area (TPSA) is 110 Å². The van der Waals surface area contributed by atoms with E-state index in [0.29, 0.717) is 25.0 Å². The van der Waals surface area contributed by atoms with Gasteiger partial charge < -0.3 is 14.8 Å². The van der Waals surface area contributed by atoms with Crippen LogP contribution in [0.2, 0.25) is 0 Å². The highest BCUT2D eigenvalue weighted by Gasteiger charge is 2.38. The molecule has 1 N–H and O–H groups in total. The number of Topliss-reactive ketones (excluding diaryl/α,β-unsaturated/α-hetero) is 1. The molecule has 1 rings (SSSR count). The number of imide groups is 1. The van der Waals surface area contributed by atoms with Crippen LogP contribution in [0.25, 0.3) is 0 Å². The van der Waals surface area contributed by atoms with Crippen LogP contribution in [0, 0.1) is 0 Å². The lowest BCUT2D eigenvalue weighted by atomic mass is 10.3. The number of amides is 3. The molecule has 0 aliphatic carbocycles. The predicted molar refractivity (Wildman–Crippen MR) is 92.0 cm³/mol. The van der Waals surface area contributed by atoms with Crippen LogP contribution in [0.5, 0.6) is 0 Å². The summed E-state index contributed by atoms with van der Waals surface area (Å²) in [4.78, 5) is 58.3. The van der Waals surface area contributed by atoms with Crippen LogP contribution in [0.1, 0.15) is 33.1 Å². The van der Waals surface area contributed by atoms with Gasteiger partial charge in [-0.1, -0.05) is 0 Å². The number of ketones is 1. The fraction of sp³-hybridized carbons (Fsp3) is 0.688. The first-order valence-corrected chi connectivity index (χ1v) is 9.23. The zero-order valence-corrected chi connectivity index (χ0v) is 15.3. The standard InChI is InChI=1S/C16H24N2O6S/c1-3-18-14(21)10-12(16(18)23)24-8-6-17-15(22)13(4-7-19)25-9-5-11(2)20/h7,12-13H,3-6,8-10H2,1-2H3,(H,17,22). The molecule has 0 spiro atoms. The van der Waals surface area contributed by atoms with Gasteiger partial charge in [0, 0.05) is 31.7 Å². The van der Waals surface area contributed by atoms with Gasteiger partial charge in [0.15, 0.2) is 0 Å². The quantitative estimate of drug-likeness (QED) is 0.290. The summed E-state index contributed by atoms with van der Waals surface area (Å²) in [5.41, 5.74) is 0. The summed E-state index contributed by atoms with van der Waals surface area (Å²) in [7, 11) is 0. The average molecular weight is 372 g/mol. The molecule has 1 saturated heterocycles. The highest BCUT2D eigenvalue weighted by Crippen LogP contribution is 2.16. The molecule has 1 aliphatic heterocycles. The molecule has 0 aromatic carbocycles. The van der Waals surface area contributed by atoms with Crippen LogP contribution in [0.15, 0.2) is 0 Å². The molecule has 1 heterocycles. The molecule has 0 radical (unpaired) electrons. The maximum absolute atomic E-state index is 12.1. The minimum Gasteiger partial charge on any atom is -0.366 e. The van der Waals surface area contributed by atoms with Crippen LogP contribution in [0.3, 0.4) is 0 Å². The van der Waals surface area contributed by atoms with Crippen molar-refractivity contribution in [3.8, 4) is 0 Å². The van der Waals surface area contributed by atoms with E-state index < -0.39 is 11.4 Å². The van der Waals surface area contributed by atoms with E-state index in [4.69, 9.17) is 4.74 Å². The molecule has 0 aromatic rings. The summed E-state index contributed by atoms with van der Waals surface area (Å²) in [6.45, 7) is 3.78. The molecule has 2 atom stereocenters. The van der Waals surface area contributed by atoms with Gasteiger partial charge in [-0.05, 0) is 13.8 Å². The molecule has 1 aliphatic rings. The van der Waals surface area contributed by atoms with Gasteiger partial charge in [0.1, 0.15) is 18.2 Å². The van der Waals surface area contributed by atoms with E-state index in [0.717, 1.165) is 4.90 Å². The van der Waals surface area contributed by atoms with Gasteiger partial charge in [0.05, 0.1) is 18.3 Å². The highest BCUT2D eigenvalue weighted by atomic mass is 32.2. The normalized spacial score (nSPS) is 18.3. The largest absolute Gasteiger partial charge is 0.366 e. The van der Waals surface area contributed by atoms with Gasteiger partial charge in [0.2, 0.25) is 11.8 Å². The van der Waals surface area contributed by atoms with Crippen LogP contribution in [-0.4, -0.2) is 71.5 Å². The summed E-state index contributed by atoms with van der Waals surface area (Å²) < 4.78 is 5.37. The first-order chi connectivity index (χ1) is 11.9. The molecule has 140 valence electrons. The molecule has 25 heavy (non-hydrogen) atoms. The Morgan fingerprint density at radius 3 is 2.72 bits per heavy atom. The lowest BCUT2D eigenvalue weighted by Gasteiger charge is -2.15. The minimum atomic E-state index is -0.792. The van der Waals surface area contributed by atoms with Gasteiger partial charge in [0.25, 0.3) is 5.91 Å². The number of hydrogen-bond acceptors (Lipinski definition) is 7. The Morgan fingerprint density at radius 2 is 2.16 bits per heavy atom. The number of carbonyl (C=O) groups is 5. The summed E-state index contributed by atoms with van der Waals surface area (Å²) in [6, 6.07) is 0. The van der Waals surface area contributed by atoms with Gasteiger partial charge in [-0.15, -0.1) is 11.8 Å². The van der Waals surface area contributed by atoms with Crippen LogP contribution < -0.4 is 5.32 Å². The van der Waals surface area contributed by atoms with Crippen molar-refractivity contribution in [2.75, 3.05) is 25.4 Å². The van der Waals surface area contributed by atoms with E-state index in [2.05, 4.69) is 5.32 Å². The van der Waals surface area contributed by atoms with E-state index in [1.807, 2.05) is 0 Å². The van der Waals surface area contributed by atoms with E-state index in [9.17, 15) is 24.0 Å². The van der Waals surface area contributed by atoms with Gasteiger partial charge in [-0.3, -0.25) is 24.1 Å². The van der Waals surface area contributed by atoms with E-state index in [1.54, 1.807) is 6.92 Å². The fourth-order valence-corrected chi connectivity index (χ4v) is 3.43. The second-order valence-corrected chi connectivity index (χ2v) is 6.86. The maximum Gasteiger partial charge on any atom is 0.258 e. The summed E-state index contributed by atoms with van der Waals surface area (Å²) >= 11 is 1.26. The van der Waals surface area contributed by atoms with Crippen molar-refractivity contribution in [1.29, 1.82) is 0 Å². The maximum atomic E-state index is 12.1. The number of ether oxygens (including phenoxy) is 1. The summed E-state index contributed by atoms with van der Waals surface area (Å²) in [5.74, 6) is -0.410.